The van der Waals surface area contributed by atoms with E-state index in [2.05, 4.69) is 36.1 Å². The summed E-state index contributed by atoms with van der Waals surface area (Å²) in [5, 5.41) is 3.62. The first-order chi connectivity index (χ1) is 9.63. The molecule has 0 bridgehead atoms. The van der Waals surface area contributed by atoms with Gasteiger partial charge in [0.05, 0.1) is 0 Å². The molecule has 0 atom stereocenters. The first-order valence-corrected chi connectivity index (χ1v) is 8.71. The van der Waals surface area contributed by atoms with Crippen molar-refractivity contribution in [2.45, 2.75) is 45.4 Å². The number of hydrogen-bond donors (Lipinski definition) is 1. The molecule has 0 spiro atoms. The summed E-state index contributed by atoms with van der Waals surface area (Å²) in [6, 6.07) is 0. The summed E-state index contributed by atoms with van der Waals surface area (Å²) >= 11 is 0. The summed E-state index contributed by atoms with van der Waals surface area (Å²) in [5.41, 5.74) is 0.588. The van der Waals surface area contributed by atoms with Gasteiger partial charge in [0.25, 0.3) is 0 Å². The minimum absolute atomic E-state index is 0.588. The molecule has 1 saturated carbocycles. The molecule has 118 valence electrons. The average molecular weight is 281 g/mol. The Morgan fingerprint density at radius 3 is 2.35 bits per heavy atom. The summed E-state index contributed by atoms with van der Waals surface area (Å²) in [5.74, 6) is 0.926. The number of nitrogens with zero attached hydrogens (tertiary/aromatic N) is 2. The smallest absolute Gasteiger partial charge is 0.00501 e. The standard InChI is InChI=1S/C17H35N3/c1-4-18-14-17(9-5-6-10-17)15-20-11-7-16(8-12-20)13-19(2)3/h16,18H,4-15H2,1-3H3. The molecule has 0 radical (unpaired) electrons. The molecule has 20 heavy (non-hydrogen) atoms. The molecule has 2 aliphatic rings. The van der Waals surface area contributed by atoms with Crippen molar-refractivity contribution >= 4 is 0 Å². The highest BCUT2D eigenvalue weighted by Crippen LogP contribution is 2.39. The predicted octanol–water partition coefficient (Wildman–Crippen LogP) is 2.43. The zero-order valence-electron chi connectivity index (χ0n) is 14.0. The van der Waals surface area contributed by atoms with Crippen LogP contribution in [0.3, 0.4) is 0 Å². The van der Waals surface area contributed by atoms with Crippen LogP contribution in [0.15, 0.2) is 0 Å². The van der Waals surface area contributed by atoms with Crippen LogP contribution in [0.1, 0.15) is 45.4 Å². The molecule has 1 aliphatic carbocycles. The topological polar surface area (TPSA) is 18.5 Å². The van der Waals surface area contributed by atoms with Crippen LogP contribution in [-0.2, 0) is 0 Å². The Morgan fingerprint density at radius 2 is 1.80 bits per heavy atom. The predicted molar refractivity (Wildman–Crippen MR) is 87.2 cm³/mol. The molecular formula is C17H35N3. The maximum absolute atomic E-state index is 3.62. The lowest BCUT2D eigenvalue weighted by atomic mass is 9.84. The molecule has 2 fully saturated rings. The van der Waals surface area contributed by atoms with Gasteiger partial charge in [-0.25, -0.2) is 0 Å². The molecule has 0 amide bonds. The molecule has 1 saturated heterocycles. The molecule has 3 heteroatoms. The quantitative estimate of drug-likeness (QED) is 0.773. The van der Waals surface area contributed by atoms with Gasteiger partial charge in [-0.1, -0.05) is 19.8 Å². The molecule has 1 aliphatic heterocycles. The summed E-state index contributed by atoms with van der Waals surface area (Å²) in [6.45, 7) is 9.85. The first kappa shape index (κ1) is 16.3. The molecule has 1 N–H and O–H groups in total. The fourth-order valence-corrected chi connectivity index (χ4v) is 4.22. The average Bonchev–Trinajstić information content (AvgIpc) is 2.87. The molecule has 0 unspecified atom stereocenters. The highest BCUT2D eigenvalue weighted by atomic mass is 15.1. The van der Waals surface area contributed by atoms with Gasteiger partial charge in [-0.2, -0.15) is 0 Å². The third-order valence-electron chi connectivity index (χ3n) is 5.30. The van der Waals surface area contributed by atoms with Gasteiger partial charge >= 0.3 is 0 Å². The summed E-state index contributed by atoms with van der Waals surface area (Å²) in [7, 11) is 4.41. The molecule has 0 aromatic carbocycles. The third-order valence-corrected chi connectivity index (χ3v) is 5.30. The van der Waals surface area contributed by atoms with Crippen LogP contribution < -0.4 is 5.32 Å². The van der Waals surface area contributed by atoms with Crippen LogP contribution in [0.2, 0.25) is 0 Å². The second-order valence-electron chi connectivity index (χ2n) is 7.47. The summed E-state index contributed by atoms with van der Waals surface area (Å²) < 4.78 is 0. The van der Waals surface area contributed by atoms with Crippen molar-refractivity contribution in [3.8, 4) is 0 Å². The van der Waals surface area contributed by atoms with Gasteiger partial charge in [0.1, 0.15) is 0 Å². The van der Waals surface area contributed by atoms with E-state index in [-0.39, 0.29) is 0 Å². The number of piperidine rings is 1. The second kappa shape index (κ2) is 7.77. The third kappa shape index (κ3) is 4.71. The number of likely N-dealkylation sites (tertiary alicyclic amines) is 1. The van der Waals surface area contributed by atoms with Gasteiger partial charge in [0, 0.05) is 19.6 Å². The fraction of sp³-hybridized carbons (Fsp3) is 1.00. The van der Waals surface area contributed by atoms with Crippen molar-refractivity contribution in [3.63, 3.8) is 0 Å². The van der Waals surface area contributed by atoms with E-state index in [1.807, 2.05) is 0 Å². The Kier molecular flexibility index (Phi) is 6.31. The molecular weight excluding hydrogens is 246 g/mol. The van der Waals surface area contributed by atoms with Crippen LogP contribution in [0, 0.1) is 11.3 Å². The van der Waals surface area contributed by atoms with E-state index < -0.39 is 0 Å². The number of rotatable bonds is 7. The van der Waals surface area contributed by atoms with E-state index in [9.17, 15) is 0 Å². The van der Waals surface area contributed by atoms with E-state index in [0.29, 0.717) is 5.41 Å². The lowest BCUT2D eigenvalue weighted by Gasteiger charge is -2.39. The Morgan fingerprint density at radius 1 is 1.15 bits per heavy atom. The largest absolute Gasteiger partial charge is 0.316 e. The summed E-state index contributed by atoms with van der Waals surface area (Å²) in [6.07, 6.45) is 8.57. The highest BCUT2D eigenvalue weighted by Gasteiger charge is 2.35. The van der Waals surface area contributed by atoms with Crippen molar-refractivity contribution in [3.05, 3.63) is 0 Å². The van der Waals surface area contributed by atoms with Gasteiger partial charge in [-0.15, -0.1) is 0 Å². The lowest BCUT2D eigenvalue weighted by molar-refractivity contribution is 0.103. The lowest BCUT2D eigenvalue weighted by Crippen LogP contribution is -2.46. The fourth-order valence-electron chi connectivity index (χ4n) is 4.22. The van der Waals surface area contributed by atoms with Gasteiger partial charge in [0.2, 0.25) is 0 Å². The SMILES string of the molecule is CCNCC1(CN2CCC(CN(C)C)CC2)CCCC1. The van der Waals surface area contributed by atoms with Crippen LogP contribution in [0.5, 0.6) is 0 Å². The van der Waals surface area contributed by atoms with E-state index in [1.165, 1.54) is 71.2 Å². The minimum atomic E-state index is 0.588. The van der Waals surface area contributed by atoms with Crippen molar-refractivity contribution in [2.24, 2.45) is 11.3 Å². The van der Waals surface area contributed by atoms with Gasteiger partial charge in [0.15, 0.2) is 0 Å². The zero-order valence-corrected chi connectivity index (χ0v) is 14.0. The first-order valence-electron chi connectivity index (χ1n) is 8.71. The Balaban J connectivity index is 1.78. The Hall–Kier alpha value is -0.120. The van der Waals surface area contributed by atoms with Gasteiger partial charge < -0.3 is 15.1 Å². The van der Waals surface area contributed by atoms with E-state index >= 15 is 0 Å². The zero-order chi connectivity index (χ0) is 14.4. The Labute approximate surface area is 126 Å². The van der Waals surface area contributed by atoms with E-state index in [4.69, 9.17) is 0 Å². The molecule has 0 aromatic heterocycles. The normalized spacial score (nSPS) is 24.6. The van der Waals surface area contributed by atoms with Crippen molar-refractivity contribution in [1.82, 2.24) is 15.1 Å². The molecule has 3 nitrogen and oxygen atoms in total. The van der Waals surface area contributed by atoms with Crippen LogP contribution in [-0.4, -0.2) is 63.2 Å². The number of nitrogens with one attached hydrogen (secondary N) is 1. The van der Waals surface area contributed by atoms with Gasteiger partial charge in [-0.05, 0) is 70.7 Å². The van der Waals surface area contributed by atoms with Crippen LogP contribution in [0.4, 0.5) is 0 Å². The molecule has 1 heterocycles. The molecule has 0 aromatic rings. The summed E-state index contributed by atoms with van der Waals surface area (Å²) in [4.78, 5) is 5.11. The van der Waals surface area contributed by atoms with Crippen molar-refractivity contribution in [2.75, 3.05) is 53.4 Å². The highest BCUT2D eigenvalue weighted by molar-refractivity contribution is 4.90. The van der Waals surface area contributed by atoms with Crippen molar-refractivity contribution in [1.29, 1.82) is 0 Å². The number of hydrogen-bond acceptors (Lipinski definition) is 3. The minimum Gasteiger partial charge on any atom is -0.316 e. The van der Waals surface area contributed by atoms with E-state index in [0.717, 1.165) is 12.5 Å². The second-order valence-corrected chi connectivity index (χ2v) is 7.47. The van der Waals surface area contributed by atoms with Crippen molar-refractivity contribution < 1.29 is 0 Å². The monoisotopic (exact) mass is 281 g/mol. The maximum Gasteiger partial charge on any atom is 0.00501 e. The van der Waals surface area contributed by atoms with Gasteiger partial charge in [-0.3, -0.25) is 0 Å². The Bertz CT molecular complexity index is 263. The molecule has 2 rings (SSSR count). The van der Waals surface area contributed by atoms with E-state index in [1.54, 1.807) is 0 Å². The van der Waals surface area contributed by atoms with Crippen LogP contribution >= 0.6 is 0 Å². The van der Waals surface area contributed by atoms with Crippen LogP contribution in [0.25, 0.3) is 0 Å². The maximum atomic E-state index is 3.62.